The zero-order chi connectivity index (χ0) is 14.7. The number of carbonyl (C=O) groups is 1. The molecular formula is C14H11N3O3S. The lowest BCUT2D eigenvalue weighted by atomic mass is 10.3. The Kier molecular flexibility index (Phi) is 3.65. The summed E-state index contributed by atoms with van der Waals surface area (Å²) in [6.07, 6.45) is 3.17. The molecule has 0 aromatic carbocycles. The van der Waals surface area contributed by atoms with Crippen molar-refractivity contribution in [2.45, 2.75) is 6.42 Å². The number of aromatic hydroxyl groups is 1. The summed E-state index contributed by atoms with van der Waals surface area (Å²) in [5.74, 6) is 0.457. The fourth-order valence-corrected chi connectivity index (χ4v) is 2.52. The molecule has 0 aliphatic rings. The average Bonchev–Trinajstić information content (AvgIpc) is 3.12. The van der Waals surface area contributed by atoms with Gasteiger partial charge in [0.15, 0.2) is 22.3 Å². The van der Waals surface area contributed by atoms with Crippen LogP contribution in [0.3, 0.4) is 0 Å². The number of amides is 1. The monoisotopic (exact) mass is 301 g/mol. The third-order valence-corrected chi connectivity index (χ3v) is 3.58. The van der Waals surface area contributed by atoms with Gasteiger partial charge in [0.05, 0.1) is 18.4 Å². The average molecular weight is 301 g/mol. The van der Waals surface area contributed by atoms with E-state index in [2.05, 4.69) is 15.3 Å². The van der Waals surface area contributed by atoms with E-state index in [1.807, 2.05) is 6.07 Å². The number of anilines is 1. The summed E-state index contributed by atoms with van der Waals surface area (Å²) < 4.78 is 5.25. The quantitative estimate of drug-likeness (QED) is 0.773. The van der Waals surface area contributed by atoms with Gasteiger partial charge < -0.3 is 14.8 Å². The Bertz CT molecular complexity index is 752. The molecule has 0 bridgehead atoms. The van der Waals surface area contributed by atoms with Crippen molar-refractivity contribution in [2.75, 3.05) is 5.32 Å². The number of thiazole rings is 1. The number of pyridine rings is 1. The van der Waals surface area contributed by atoms with Crippen molar-refractivity contribution in [1.82, 2.24) is 9.97 Å². The summed E-state index contributed by atoms with van der Waals surface area (Å²) in [5, 5.41) is 14.6. The Labute approximate surface area is 124 Å². The Morgan fingerprint density at radius 2 is 2.29 bits per heavy atom. The summed E-state index contributed by atoms with van der Waals surface area (Å²) in [6, 6.07) is 6.64. The van der Waals surface area contributed by atoms with E-state index in [0.717, 1.165) is 5.01 Å². The maximum atomic E-state index is 11.9. The first-order valence-corrected chi connectivity index (χ1v) is 7.02. The molecule has 6 nitrogen and oxygen atoms in total. The minimum Gasteiger partial charge on any atom is -0.504 e. The number of nitrogens with zero attached hydrogens (tertiary/aromatic N) is 2. The standard InChI is InChI=1S/C14H11N3O3S/c18-10-3-1-5-15-13(10)17-12(19)7-9-8-21-14(16-9)11-4-2-6-20-11/h1-6,8,18H,7H2,(H,15,17,19). The van der Waals surface area contributed by atoms with E-state index in [4.69, 9.17) is 4.42 Å². The lowest BCUT2D eigenvalue weighted by molar-refractivity contribution is -0.115. The maximum Gasteiger partial charge on any atom is 0.231 e. The van der Waals surface area contributed by atoms with Crippen molar-refractivity contribution in [2.24, 2.45) is 0 Å². The molecule has 0 aliphatic carbocycles. The fourth-order valence-electron chi connectivity index (χ4n) is 1.74. The van der Waals surface area contributed by atoms with Gasteiger partial charge in [-0.05, 0) is 24.3 Å². The number of hydrogen-bond acceptors (Lipinski definition) is 6. The Morgan fingerprint density at radius 3 is 3.05 bits per heavy atom. The highest BCUT2D eigenvalue weighted by atomic mass is 32.1. The van der Waals surface area contributed by atoms with Gasteiger partial charge in [0.1, 0.15) is 0 Å². The van der Waals surface area contributed by atoms with Gasteiger partial charge in [-0.1, -0.05) is 0 Å². The van der Waals surface area contributed by atoms with Crippen LogP contribution in [0.4, 0.5) is 5.82 Å². The van der Waals surface area contributed by atoms with Gasteiger partial charge in [-0.3, -0.25) is 4.79 Å². The molecule has 0 fully saturated rings. The molecule has 0 unspecified atom stereocenters. The number of nitrogens with one attached hydrogen (secondary N) is 1. The van der Waals surface area contributed by atoms with Crippen LogP contribution in [0.1, 0.15) is 5.69 Å². The van der Waals surface area contributed by atoms with E-state index in [0.29, 0.717) is 11.5 Å². The summed E-state index contributed by atoms with van der Waals surface area (Å²) in [5.41, 5.74) is 0.638. The molecule has 0 radical (unpaired) electrons. The number of rotatable bonds is 4. The summed E-state index contributed by atoms with van der Waals surface area (Å²) in [6.45, 7) is 0. The Balaban J connectivity index is 1.67. The first-order chi connectivity index (χ1) is 10.2. The number of hydrogen-bond donors (Lipinski definition) is 2. The van der Waals surface area contributed by atoms with E-state index in [-0.39, 0.29) is 23.9 Å². The fraction of sp³-hybridized carbons (Fsp3) is 0.0714. The lowest BCUT2D eigenvalue weighted by Crippen LogP contribution is -2.15. The molecule has 21 heavy (non-hydrogen) atoms. The minimum absolute atomic E-state index is 0.0691. The van der Waals surface area contributed by atoms with Crippen LogP contribution < -0.4 is 5.32 Å². The molecular weight excluding hydrogens is 290 g/mol. The molecule has 2 N–H and O–H groups in total. The molecule has 7 heteroatoms. The van der Waals surface area contributed by atoms with E-state index in [1.165, 1.54) is 23.6 Å². The van der Waals surface area contributed by atoms with Crippen LogP contribution in [-0.2, 0) is 11.2 Å². The molecule has 0 spiro atoms. The van der Waals surface area contributed by atoms with Crippen molar-refractivity contribution < 1.29 is 14.3 Å². The van der Waals surface area contributed by atoms with E-state index >= 15 is 0 Å². The van der Waals surface area contributed by atoms with E-state index in [1.54, 1.807) is 23.8 Å². The second-order valence-electron chi connectivity index (χ2n) is 4.22. The van der Waals surface area contributed by atoms with Crippen molar-refractivity contribution in [1.29, 1.82) is 0 Å². The molecule has 0 saturated heterocycles. The van der Waals surface area contributed by atoms with Crippen LogP contribution in [0.15, 0.2) is 46.5 Å². The summed E-state index contributed by atoms with van der Waals surface area (Å²) in [4.78, 5) is 20.1. The van der Waals surface area contributed by atoms with Crippen molar-refractivity contribution >= 4 is 23.1 Å². The molecule has 0 atom stereocenters. The zero-order valence-electron chi connectivity index (χ0n) is 10.8. The third-order valence-electron chi connectivity index (χ3n) is 2.67. The number of carbonyl (C=O) groups excluding carboxylic acids is 1. The number of furan rings is 1. The molecule has 1 amide bonds. The van der Waals surface area contributed by atoms with Gasteiger partial charge in [-0.15, -0.1) is 11.3 Å². The topological polar surface area (TPSA) is 88.3 Å². The van der Waals surface area contributed by atoms with Gasteiger partial charge >= 0.3 is 0 Å². The summed E-state index contributed by atoms with van der Waals surface area (Å²) in [7, 11) is 0. The van der Waals surface area contributed by atoms with Crippen LogP contribution in [0.5, 0.6) is 5.75 Å². The van der Waals surface area contributed by atoms with E-state index < -0.39 is 0 Å². The largest absolute Gasteiger partial charge is 0.504 e. The molecule has 3 heterocycles. The SMILES string of the molecule is O=C(Cc1csc(-c2ccco2)n1)Nc1ncccc1O. The van der Waals surface area contributed by atoms with Crippen LogP contribution in [0.2, 0.25) is 0 Å². The maximum absolute atomic E-state index is 11.9. The van der Waals surface area contributed by atoms with Crippen LogP contribution in [-0.4, -0.2) is 21.0 Å². The van der Waals surface area contributed by atoms with Crippen molar-refractivity contribution in [3.8, 4) is 16.5 Å². The first-order valence-electron chi connectivity index (χ1n) is 6.14. The highest BCUT2D eigenvalue weighted by molar-refractivity contribution is 7.13. The van der Waals surface area contributed by atoms with Crippen LogP contribution in [0.25, 0.3) is 10.8 Å². The first kappa shape index (κ1) is 13.3. The Hall–Kier alpha value is -2.67. The van der Waals surface area contributed by atoms with Gasteiger partial charge in [0, 0.05) is 11.6 Å². The smallest absolute Gasteiger partial charge is 0.231 e. The minimum atomic E-state index is -0.291. The van der Waals surface area contributed by atoms with Gasteiger partial charge in [-0.25, -0.2) is 9.97 Å². The van der Waals surface area contributed by atoms with E-state index in [9.17, 15) is 9.90 Å². The zero-order valence-corrected chi connectivity index (χ0v) is 11.6. The normalized spacial score (nSPS) is 10.5. The molecule has 3 aromatic rings. The van der Waals surface area contributed by atoms with Gasteiger partial charge in [0.25, 0.3) is 0 Å². The highest BCUT2D eigenvalue weighted by Crippen LogP contribution is 2.24. The summed E-state index contributed by atoms with van der Waals surface area (Å²) >= 11 is 1.41. The highest BCUT2D eigenvalue weighted by Gasteiger charge is 2.12. The van der Waals surface area contributed by atoms with Crippen LogP contribution in [0, 0.1) is 0 Å². The second kappa shape index (κ2) is 5.76. The van der Waals surface area contributed by atoms with Crippen LogP contribution >= 0.6 is 11.3 Å². The molecule has 0 aliphatic heterocycles. The van der Waals surface area contributed by atoms with Gasteiger partial charge in [-0.2, -0.15) is 0 Å². The third kappa shape index (κ3) is 3.09. The predicted molar refractivity (Wildman–Crippen MR) is 78.1 cm³/mol. The number of aromatic nitrogens is 2. The van der Waals surface area contributed by atoms with Crippen molar-refractivity contribution in [3.05, 3.63) is 47.8 Å². The lowest BCUT2D eigenvalue weighted by Gasteiger charge is -2.04. The second-order valence-corrected chi connectivity index (χ2v) is 5.08. The molecule has 0 saturated carbocycles. The molecule has 3 rings (SSSR count). The van der Waals surface area contributed by atoms with Gasteiger partial charge in [0.2, 0.25) is 5.91 Å². The molecule has 3 aromatic heterocycles. The van der Waals surface area contributed by atoms with Crippen molar-refractivity contribution in [3.63, 3.8) is 0 Å². The molecule has 106 valence electrons. The Morgan fingerprint density at radius 1 is 1.38 bits per heavy atom. The predicted octanol–water partition coefficient (Wildman–Crippen LogP) is 2.68.